The highest BCUT2D eigenvalue weighted by molar-refractivity contribution is 5.92. The number of phenolic OH excluding ortho intramolecular Hbond substituents is 1. The Labute approximate surface area is 223 Å². The molecule has 6 nitrogen and oxygen atoms in total. The number of phenols is 1. The molecular formula is C32H34N2O4. The molecule has 1 amide bonds. The number of rotatable bonds is 3. The molecule has 4 bridgehead atoms. The van der Waals surface area contributed by atoms with Gasteiger partial charge in [0, 0.05) is 49.2 Å². The molecule has 3 fully saturated rings. The van der Waals surface area contributed by atoms with Crippen molar-refractivity contribution in [1.29, 1.82) is 0 Å². The molecule has 6 heteroatoms. The molecule has 3 heterocycles. The van der Waals surface area contributed by atoms with Crippen LogP contribution in [0.5, 0.6) is 11.5 Å². The Bertz CT molecular complexity index is 1430. The lowest BCUT2D eigenvalue weighted by Gasteiger charge is -2.72. The predicted octanol–water partition coefficient (Wildman–Crippen LogP) is 3.70. The summed E-state index contributed by atoms with van der Waals surface area (Å²) in [5.74, 6) is 1.32. The summed E-state index contributed by atoms with van der Waals surface area (Å²) in [5.41, 5.74) is 3.63. The number of likely N-dealkylation sites (N-methyl/N-ethyl adjacent to an activating group) is 1. The summed E-state index contributed by atoms with van der Waals surface area (Å²) in [6.45, 7) is 4.40. The van der Waals surface area contributed by atoms with Gasteiger partial charge in [0.1, 0.15) is 11.7 Å². The minimum Gasteiger partial charge on any atom is -0.504 e. The Morgan fingerprint density at radius 3 is 2.71 bits per heavy atom. The summed E-state index contributed by atoms with van der Waals surface area (Å²) in [5, 5.41) is 10.9. The van der Waals surface area contributed by atoms with Gasteiger partial charge in [0.25, 0.3) is 0 Å². The molecule has 2 saturated heterocycles. The Morgan fingerprint density at radius 1 is 1.13 bits per heavy atom. The molecule has 4 aliphatic carbocycles. The molecule has 2 spiro atoms. The van der Waals surface area contributed by atoms with Crippen LogP contribution in [-0.4, -0.2) is 72.4 Å². The lowest BCUT2D eigenvalue weighted by molar-refractivity contribution is -0.230. The van der Waals surface area contributed by atoms with Crippen LogP contribution < -0.4 is 4.74 Å². The fraction of sp³-hybridized carbons (Fsp3) is 0.469. The summed E-state index contributed by atoms with van der Waals surface area (Å²) < 4.78 is 13.3. The fourth-order valence-corrected chi connectivity index (χ4v) is 9.67. The number of aromatic hydroxyl groups is 1. The maximum absolute atomic E-state index is 13.6. The maximum Gasteiger partial charge on any atom is 0.246 e. The van der Waals surface area contributed by atoms with E-state index in [2.05, 4.69) is 49.2 Å². The van der Waals surface area contributed by atoms with Gasteiger partial charge in [0.15, 0.2) is 11.5 Å². The van der Waals surface area contributed by atoms with Gasteiger partial charge in [-0.05, 0) is 62.5 Å². The van der Waals surface area contributed by atoms with Gasteiger partial charge in [-0.1, -0.05) is 48.0 Å². The molecular weight excluding hydrogens is 476 g/mol. The summed E-state index contributed by atoms with van der Waals surface area (Å²) in [4.78, 5) is 18.1. The first-order valence-electron chi connectivity index (χ1n) is 13.9. The highest BCUT2D eigenvalue weighted by atomic mass is 16.6. The number of aryl methyl sites for hydroxylation is 1. The summed E-state index contributed by atoms with van der Waals surface area (Å²) in [6.07, 6.45) is 10.0. The van der Waals surface area contributed by atoms with Crippen molar-refractivity contribution in [2.45, 2.75) is 42.9 Å². The third-order valence-electron chi connectivity index (χ3n) is 11.2. The van der Waals surface area contributed by atoms with E-state index in [4.69, 9.17) is 9.47 Å². The first kappa shape index (κ1) is 22.9. The first-order chi connectivity index (χ1) is 18.4. The standard InChI is InChI=1S/C32H34N2O4/c1-19-4-6-20(7-5-19)8-11-26(36)34-17-22-23(18-34)32(37-3)13-12-30(22)25-16-21-9-10-24(35)28-27(21)31(30,29(32)38-28)14-15-33(25)2/h4-13,22-23,25,29,35H,14-18H2,1-3H3/b11-8+/t22-,23+,25-,29-,30-,31+,32+/m1/s1. The molecule has 3 aliphatic heterocycles. The molecule has 1 saturated carbocycles. The van der Waals surface area contributed by atoms with E-state index in [9.17, 15) is 9.90 Å². The first-order valence-corrected chi connectivity index (χ1v) is 13.9. The van der Waals surface area contributed by atoms with Crippen LogP contribution in [0.4, 0.5) is 0 Å². The van der Waals surface area contributed by atoms with Crippen molar-refractivity contribution < 1.29 is 19.4 Å². The fourth-order valence-electron chi connectivity index (χ4n) is 9.67. The summed E-state index contributed by atoms with van der Waals surface area (Å²) in [6, 6.07) is 12.4. The van der Waals surface area contributed by atoms with Crippen LogP contribution in [0.2, 0.25) is 0 Å². The molecule has 7 aliphatic rings. The second kappa shape index (κ2) is 7.30. The van der Waals surface area contributed by atoms with E-state index in [-0.39, 0.29) is 40.4 Å². The van der Waals surface area contributed by atoms with Gasteiger partial charge in [0.2, 0.25) is 5.91 Å². The smallest absolute Gasteiger partial charge is 0.246 e. The van der Waals surface area contributed by atoms with Crippen LogP contribution in [0.15, 0.2) is 54.6 Å². The molecule has 1 N–H and O–H groups in total. The van der Waals surface area contributed by atoms with Crippen LogP contribution in [0, 0.1) is 24.2 Å². The zero-order valence-corrected chi connectivity index (χ0v) is 22.2. The second-order valence-electron chi connectivity index (χ2n) is 12.4. The Balaban J connectivity index is 1.25. The normalized spacial score (nSPS) is 39.4. The number of ether oxygens (including phenoxy) is 2. The average Bonchev–Trinajstić information content (AvgIpc) is 3.54. The number of methoxy groups -OCH3 is 1. The van der Waals surface area contributed by atoms with Gasteiger partial charge in [-0.2, -0.15) is 0 Å². The molecule has 0 radical (unpaired) electrons. The van der Waals surface area contributed by atoms with Crippen molar-refractivity contribution in [3.63, 3.8) is 0 Å². The monoisotopic (exact) mass is 510 g/mol. The van der Waals surface area contributed by atoms with Crippen molar-refractivity contribution >= 4 is 12.0 Å². The van der Waals surface area contributed by atoms with Crippen LogP contribution in [0.25, 0.3) is 6.08 Å². The van der Waals surface area contributed by atoms with Gasteiger partial charge in [-0.25, -0.2) is 0 Å². The Morgan fingerprint density at radius 2 is 1.92 bits per heavy atom. The molecule has 38 heavy (non-hydrogen) atoms. The van der Waals surface area contributed by atoms with Crippen LogP contribution in [-0.2, 0) is 21.4 Å². The van der Waals surface area contributed by atoms with E-state index in [1.165, 1.54) is 16.7 Å². The van der Waals surface area contributed by atoms with Crippen molar-refractivity contribution in [2.24, 2.45) is 17.3 Å². The van der Waals surface area contributed by atoms with E-state index in [1.54, 1.807) is 19.3 Å². The highest BCUT2D eigenvalue weighted by Crippen LogP contribution is 2.76. The molecule has 7 atom stereocenters. The van der Waals surface area contributed by atoms with Crippen LogP contribution in [0.3, 0.4) is 0 Å². The zero-order valence-electron chi connectivity index (χ0n) is 22.2. The highest BCUT2D eigenvalue weighted by Gasteiger charge is 2.82. The van der Waals surface area contributed by atoms with E-state index in [1.807, 2.05) is 23.1 Å². The SMILES string of the molecule is CO[C@@]12C=C[C@@]3([C@@H]4CN(C(=O)/C=C/c5ccc(C)cc5)C[C@@H]41)[C@H]1Cc4ccc(O)c5c4[C@@]3(CCN1C)[C@H]2O5. The minimum atomic E-state index is -0.650. The number of amides is 1. The van der Waals surface area contributed by atoms with Crippen molar-refractivity contribution in [2.75, 3.05) is 33.8 Å². The number of likely N-dealkylation sites (tertiary alicyclic amines) is 2. The topological polar surface area (TPSA) is 62.2 Å². The van der Waals surface area contributed by atoms with Crippen LogP contribution >= 0.6 is 0 Å². The average molecular weight is 511 g/mol. The van der Waals surface area contributed by atoms with E-state index in [0.717, 1.165) is 24.9 Å². The summed E-state index contributed by atoms with van der Waals surface area (Å²) >= 11 is 0. The van der Waals surface area contributed by atoms with Gasteiger partial charge in [-0.3, -0.25) is 4.79 Å². The molecule has 2 aromatic rings. The molecule has 196 valence electrons. The lowest BCUT2D eigenvalue weighted by Crippen LogP contribution is -2.81. The minimum absolute atomic E-state index is 0.0543. The van der Waals surface area contributed by atoms with E-state index >= 15 is 0 Å². The Kier molecular flexibility index (Phi) is 4.39. The Hall–Kier alpha value is -3.09. The third kappa shape index (κ3) is 2.41. The quantitative estimate of drug-likeness (QED) is 0.504. The van der Waals surface area contributed by atoms with Crippen molar-refractivity contribution in [1.82, 2.24) is 9.80 Å². The van der Waals surface area contributed by atoms with E-state index in [0.29, 0.717) is 24.9 Å². The predicted molar refractivity (Wildman–Crippen MR) is 144 cm³/mol. The second-order valence-corrected chi connectivity index (χ2v) is 12.4. The molecule has 0 unspecified atom stereocenters. The third-order valence-corrected chi connectivity index (χ3v) is 11.2. The number of benzene rings is 2. The van der Waals surface area contributed by atoms with Crippen LogP contribution in [0.1, 0.15) is 28.7 Å². The van der Waals surface area contributed by atoms with Gasteiger partial charge < -0.3 is 24.4 Å². The number of hydrogen-bond donors (Lipinski definition) is 1. The van der Waals surface area contributed by atoms with E-state index < -0.39 is 5.60 Å². The lowest BCUT2D eigenvalue weighted by atomic mass is 9.34. The van der Waals surface area contributed by atoms with Crippen molar-refractivity contribution in [3.05, 3.63) is 76.9 Å². The summed E-state index contributed by atoms with van der Waals surface area (Å²) in [7, 11) is 4.04. The number of nitrogens with zero attached hydrogens (tertiary/aromatic N) is 2. The number of carbonyl (C=O) groups is 1. The number of carbonyl (C=O) groups excluding carboxylic acids is 1. The van der Waals surface area contributed by atoms with Gasteiger partial charge in [-0.15, -0.1) is 0 Å². The molecule has 0 aromatic heterocycles. The zero-order chi connectivity index (χ0) is 26.0. The largest absolute Gasteiger partial charge is 0.504 e. The maximum atomic E-state index is 13.6. The molecule has 9 rings (SSSR count). The van der Waals surface area contributed by atoms with Gasteiger partial charge in [0.05, 0.1) is 5.41 Å². The molecule has 2 aromatic carbocycles. The van der Waals surface area contributed by atoms with Crippen molar-refractivity contribution in [3.8, 4) is 11.5 Å². The number of hydrogen-bond acceptors (Lipinski definition) is 5. The van der Waals surface area contributed by atoms with Gasteiger partial charge >= 0.3 is 0 Å². The number of piperidine rings is 1.